The zero-order valence-corrected chi connectivity index (χ0v) is 23.8. The smallest absolute Gasteiger partial charge is 0.163 e. The second-order valence-corrected chi connectivity index (χ2v) is 9.61. The van der Waals surface area contributed by atoms with Crippen LogP contribution in [0, 0.1) is 0 Å². The first-order chi connectivity index (χ1) is 19.8. The van der Waals surface area contributed by atoms with Gasteiger partial charge in [-0.05, 0) is 49.2 Å². The largest absolute Gasteiger partial charge is 0.494 e. The van der Waals surface area contributed by atoms with Crippen LogP contribution in [-0.4, -0.2) is 71.2 Å². The van der Waals surface area contributed by atoms with E-state index in [-0.39, 0.29) is 0 Å². The molecule has 0 unspecified atom stereocenters. The molecule has 9 heteroatoms. The number of benzene rings is 2. The van der Waals surface area contributed by atoms with Crippen molar-refractivity contribution in [1.29, 1.82) is 0 Å². The third kappa shape index (κ3) is 14.1. The minimum Gasteiger partial charge on any atom is -0.494 e. The van der Waals surface area contributed by atoms with E-state index < -0.39 is 0 Å². The first kappa shape index (κ1) is 31.8. The van der Waals surface area contributed by atoms with Crippen LogP contribution in [0.1, 0.15) is 57.8 Å². The summed E-state index contributed by atoms with van der Waals surface area (Å²) in [6, 6.07) is 13.2. The third-order valence-corrected chi connectivity index (χ3v) is 6.33. The van der Waals surface area contributed by atoms with Crippen LogP contribution in [0.15, 0.2) is 52.7 Å². The number of fused-ring (bicyclic) bond motifs is 1. The molecular weight excluding hydrogens is 512 g/mol. The summed E-state index contributed by atoms with van der Waals surface area (Å²) in [6.07, 6.45) is 10.7. The van der Waals surface area contributed by atoms with E-state index in [1.54, 1.807) is 0 Å². The van der Waals surface area contributed by atoms with Crippen molar-refractivity contribution < 1.29 is 33.5 Å². The van der Waals surface area contributed by atoms with Crippen LogP contribution >= 0.6 is 0 Å². The number of aliphatic hydroxyl groups is 1. The molecule has 40 heavy (non-hydrogen) atoms. The van der Waals surface area contributed by atoms with Crippen molar-refractivity contribution in [2.45, 2.75) is 57.8 Å². The summed E-state index contributed by atoms with van der Waals surface area (Å²) in [5.41, 5.74) is 1.41. The Morgan fingerprint density at radius 2 is 1.05 bits per heavy atom. The number of ether oxygens (including phenoxy) is 6. The SMILES string of the molecule is OCCCCCCCCCCCOc1ccc(N=Nc2ccc3c(c2)OCCOCCOCCOCCO3)cc1. The average Bonchev–Trinajstić information content (AvgIpc) is 2.99. The van der Waals surface area contributed by atoms with Crippen LogP contribution in [0.3, 0.4) is 0 Å². The van der Waals surface area contributed by atoms with E-state index in [0.29, 0.717) is 76.6 Å². The molecule has 2 aromatic carbocycles. The lowest BCUT2D eigenvalue weighted by atomic mass is 10.1. The minimum absolute atomic E-state index is 0.319. The van der Waals surface area contributed by atoms with Gasteiger partial charge in [-0.2, -0.15) is 10.2 Å². The zero-order valence-electron chi connectivity index (χ0n) is 23.8. The van der Waals surface area contributed by atoms with Gasteiger partial charge in [-0.1, -0.05) is 44.9 Å². The molecule has 0 radical (unpaired) electrons. The fourth-order valence-electron chi connectivity index (χ4n) is 4.12. The molecule has 0 atom stereocenters. The predicted molar refractivity (Wildman–Crippen MR) is 155 cm³/mol. The molecule has 0 bridgehead atoms. The van der Waals surface area contributed by atoms with Crippen molar-refractivity contribution in [2.24, 2.45) is 10.2 Å². The monoisotopic (exact) mass is 558 g/mol. The maximum atomic E-state index is 8.80. The van der Waals surface area contributed by atoms with Gasteiger partial charge in [0.15, 0.2) is 11.5 Å². The van der Waals surface area contributed by atoms with E-state index in [1.807, 2.05) is 42.5 Å². The summed E-state index contributed by atoms with van der Waals surface area (Å²) in [7, 11) is 0. The van der Waals surface area contributed by atoms with Gasteiger partial charge in [0, 0.05) is 12.7 Å². The molecular formula is C31H46N2O7. The van der Waals surface area contributed by atoms with E-state index in [9.17, 15) is 0 Å². The lowest BCUT2D eigenvalue weighted by Gasteiger charge is -2.13. The number of nitrogens with zero attached hydrogens (tertiary/aromatic N) is 2. The first-order valence-corrected chi connectivity index (χ1v) is 14.7. The summed E-state index contributed by atoms with van der Waals surface area (Å²) in [5.74, 6) is 2.06. The van der Waals surface area contributed by atoms with Gasteiger partial charge >= 0.3 is 0 Å². The third-order valence-electron chi connectivity index (χ3n) is 6.33. The fraction of sp³-hybridized carbons (Fsp3) is 0.613. The van der Waals surface area contributed by atoms with E-state index in [2.05, 4.69) is 10.2 Å². The first-order valence-electron chi connectivity index (χ1n) is 14.7. The lowest BCUT2D eigenvalue weighted by molar-refractivity contribution is 0.00708. The topological polar surface area (TPSA) is 100 Å². The number of rotatable bonds is 14. The molecule has 0 spiro atoms. The van der Waals surface area contributed by atoms with Crippen molar-refractivity contribution >= 4 is 11.4 Å². The van der Waals surface area contributed by atoms with Gasteiger partial charge in [-0.15, -0.1) is 0 Å². The van der Waals surface area contributed by atoms with E-state index >= 15 is 0 Å². The molecule has 1 N–H and O–H groups in total. The highest BCUT2D eigenvalue weighted by Gasteiger charge is 2.08. The summed E-state index contributed by atoms with van der Waals surface area (Å²) in [6.45, 7) is 4.86. The van der Waals surface area contributed by atoms with Crippen LogP contribution < -0.4 is 14.2 Å². The van der Waals surface area contributed by atoms with Crippen molar-refractivity contribution in [3.63, 3.8) is 0 Å². The molecule has 0 fully saturated rings. The van der Waals surface area contributed by atoms with Crippen LogP contribution in [0.5, 0.6) is 17.2 Å². The summed E-state index contributed by atoms with van der Waals surface area (Å²) in [5, 5.41) is 17.6. The number of hydrogen-bond donors (Lipinski definition) is 1. The standard InChI is InChI=1S/C31H46N2O7/c34-16-8-6-4-2-1-3-5-7-9-17-38-29-13-10-27(11-14-29)32-33-28-12-15-30-31(26-28)40-25-23-37-21-19-35-18-20-36-22-24-39-30/h10-15,26,34H,1-9,16-25H2. The Bertz CT molecular complexity index is 940. The average molecular weight is 559 g/mol. The molecule has 0 saturated carbocycles. The highest BCUT2D eigenvalue weighted by atomic mass is 16.6. The second kappa shape index (κ2) is 21.1. The van der Waals surface area contributed by atoms with E-state index in [0.717, 1.165) is 37.3 Å². The molecule has 0 aromatic heterocycles. The van der Waals surface area contributed by atoms with Gasteiger partial charge in [-0.25, -0.2) is 0 Å². The Morgan fingerprint density at radius 1 is 0.550 bits per heavy atom. The highest BCUT2D eigenvalue weighted by Crippen LogP contribution is 2.33. The van der Waals surface area contributed by atoms with Crippen LogP contribution in [0.2, 0.25) is 0 Å². The van der Waals surface area contributed by atoms with Gasteiger partial charge in [-0.3, -0.25) is 0 Å². The van der Waals surface area contributed by atoms with E-state index in [4.69, 9.17) is 33.5 Å². The van der Waals surface area contributed by atoms with Gasteiger partial charge in [0.2, 0.25) is 0 Å². The fourth-order valence-corrected chi connectivity index (χ4v) is 4.12. The van der Waals surface area contributed by atoms with Crippen LogP contribution in [-0.2, 0) is 14.2 Å². The highest BCUT2D eigenvalue weighted by molar-refractivity contribution is 5.52. The van der Waals surface area contributed by atoms with Crippen molar-refractivity contribution in [3.8, 4) is 17.2 Å². The van der Waals surface area contributed by atoms with Gasteiger partial charge < -0.3 is 33.5 Å². The molecule has 9 nitrogen and oxygen atoms in total. The summed E-state index contributed by atoms with van der Waals surface area (Å²) < 4.78 is 34.1. The molecule has 0 aliphatic carbocycles. The minimum atomic E-state index is 0.319. The maximum Gasteiger partial charge on any atom is 0.163 e. The zero-order chi connectivity index (χ0) is 27.9. The van der Waals surface area contributed by atoms with Crippen molar-refractivity contribution in [2.75, 3.05) is 66.1 Å². The van der Waals surface area contributed by atoms with Crippen LogP contribution in [0.25, 0.3) is 0 Å². The van der Waals surface area contributed by atoms with Crippen LogP contribution in [0.4, 0.5) is 11.4 Å². The van der Waals surface area contributed by atoms with Gasteiger partial charge in [0.1, 0.15) is 19.0 Å². The normalized spacial score (nSPS) is 15.4. The Hall–Kier alpha value is -2.72. The van der Waals surface area contributed by atoms with Gasteiger partial charge in [0.05, 0.1) is 57.6 Å². The van der Waals surface area contributed by atoms with Gasteiger partial charge in [0.25, 0.3) is 0 Å². The Balaban J connectivity index is 1.39. The molecule has 1 aliphatic rings. The van der Waals surface area contributed by atoms with Crippen molar-refractivity contribution in [3.05, 3.63) is 42.5 Å². The molecule has 222 valence electrons. The molecule has 2 aromatic rings. The van der Waals surface area contributed by atoms with E-state index in [1.165, 1.54) is 38.5 Å². The number of hydrogen-bond acceptors (Lipinski definition) is 9. The number of aliphatic hydroxyl groups excluding tert-OH is 1. The summed E-state index contributed by atoms with van der Waals surface area (Å²) >= 11 is 0. The number of unbranched alkanes of at least 4 members (excludes halogenated alkanes) is 8. The molecule has 1 heterocycles. The lowest BCUT2D eigenvalue weighted by Crippen LogP contribution is -2.13. The Labute approximate surface area is 238 Å². The predicted octanol–water partition coefficient (Wildman–Crippen LogP) is 6.81. The second-order valence-electron chi connectivity index (χ2n) is 9.61. The molecule has 1 aliphatic heterocycles. The molecule has 0 amide bonds. The van der Waals surface area contributed by atoms with Crippen molar-refractivity contribution in [1.82, 2.24) is 0 Å². The Morgan fingerprint density at radius 3 is 1.68 bits per heavy atom. The quantitative estimate of drug-likeness (QED) is 0.201. The Kier molecular flexibility index (Phi) is 16.8. The molecule has 0 saturated heterocycles. The number of azo groups is 1. The summed E-state index contributed by atoms with van der Waals surface area (Å²) in [4.78, 5) is 0. The maximum absolute atomic E-state index is 8.80. The molecule has 3 rings (SSSR count).